The molecule has 0 radical (unpaired) electrons. The van der Waals surface area contributed by atoms with Gasteiger partial charge < -0.3 is 10.5 Å². The van der Waals surface area contributed by atoms with Gasteiger partial charge >= 0.3 is 0 Å². The first-order chi connectivity index (χ1) is 8.06. The Morgan fingerprint density at radius 3 is 2.71 bits per heavy atom. The van der Waals surface area contributed by atoms with Crippen molar-refractivity contribution in [2.24, 2.45) is 0 Å². The number of nitrogen functional groups attached to an aromatic ring is 1. The number of aromatic nitrogens is 2. The third-order valence-corrected chi connectivity index (χ3v) is 2.50. The Morgan fingerprint density at radius 2 is 2.00 bits per heavy atom. The lowest BCUT2D eigenvalue weighted by Crippen LogP contribution is -2.02. The van der Waals surface area contributed by atoms with Crippen LogP contribution in [0.4, 0.5) is 5.82 Å². The molecule has 0 aliphatic heterocycles. The topological polar surface area (TPSA) is 61.0 Å². The highest BCUT2D eigenvalue weighted by molar-refractivity contribution is 6.30. The standard InChI is InChI=1S/C12H12ClN3O/c1-7-11(14)15-8(2)16-12(7)17-10-5-3-4-9(13)6-10/h3-6H,1-2H3,(H2,14,15,16). The van der Waals surface area contributed by atoms with Crippen molar-refractivity contribution in [3.8, 4) is 11.6 Å². The summed E-state index contributed by atoms with van der Waals surface area (Å²) in [7, 11) is 0. The maximum Gasteiger partial charge on any atom is 0.227 e. The van der Waals surface area contributed by atoms with E-state index in [0.717, 1.165) is 5.56 Å². The fourth-order valence-electron chi connectivity index (χ4n) is 1.37. The SMILES string of the molecule is Cc1nc(N)c(C)c(Oc2cccc(Cl)c2)n1. The van der Waals surface area contributed by atoms with Crippen molar-refractivity contribution in [3.05, 3.63) is 40.7 Å². The van der Waals surface area contributed by atoms with E-state index in [0.29, 0.717) is 28.3 Å². The lowest BCUT2D eigenvalue weighted by molar-refractivity contribution is 0.456. The average Bonchev–Trinajstić information content (AvgIpc) is 2.25. The Labute approximate surface area is 104 Å². The lowest BCUT2D eigenvalue weighted by Gasteiger charge is -2.09. The van der Waals surface area contributed by atoms with Crippen LogP contribution in [-0.2, 0) is 0 Å². The van der Waals surface area contributed by atoms with Crippen LogP contribution >= 0.6 is 11.6 Å². The highest BCUT2D eigenvalue weighted by Gasteiger charge is 2.08. The second-order valence-electron chi connectivity index (χ2n) is 3.65. The molecule has 0 unspecified atom stereocenters. The Hall–Kier alpha value is -1.81. The molecule has 0 spiro atoms. The third kappa shape index (κ3) is 2.65. The molecule has 2 aromatic rings. The summed E-state index contributed by atoms with van der Waals surface area (Å²) in [6.45, 7) is 3.58. The summed E-state index contributed by atoms with van der Waals surface area (Å²) in [6.07, 6.45) is 0. The van der Waals surface area contributed by atoms with E-state index in [9.17, 15) is 0 Å². The Bertz CT molecular complexity index is 557. The van der Waals surface area contributed by atoms with Crippen LogP contribution in [0.25, 0.3) is 0 Å². The van der Waals surface area contributed by atoms with Crippen LogP contribution in [0.5, 0.6) is 11.6 Å². The molecule has 0 amide bonds. The second kappa shape index (κ2) is 4.59. The lowest BCUT2D eigenvalue weighted by atomic mass is 10.3. The smallest absolute Gasteiger partial charge is 0.227 e. The van der Waals surface area contributed by atoms with Gasteiger partial charge in [0.2, 0.25) is 5.88 Å². The normalized spacial score (nSPS) is 10.3. The van der Waals surface area contributed by atoms with Gasteiger partial charge in [0, 0.05) is 5.02 Å². The Balaban J connectivity index is 2.36. The monoisotopic (exact) mass is 249 g/mol. The molecule has 1 heterocycles. The van der Waals surface area contributed by atoms with Crippen LogP contribution in [0, 0.1) is 13.8 Å². The summed E-state index contributed by atoms with van der Waals surface area (Å²) < 4.78 is 5.64. The minimum Gasteiger partial charge on any atom is -0.438 e. The quantitative estimate of drug-likeness (QED) is 0.888. The highest BCUT2D eigenvalue weighted by Crippen LogP contribution is 2.27. The van der Waals surface area contributed by atoms with Crippen LogP contribution in [0.1, 0.15) is 11.4 Å². The molecule has 5 heteroatoms. The van der Waals surface area contributed by atoms with Crippen molar-refractivity contribution >= 4 is 17.4 Å². The van der Waals surface area contributed by atoms with Gasteiger partial charge in [-0.15, -0.1) is 0 Å². The van der Waals surface area contributed by atoms with Crippen molar-refractivity contribution in [1.82, 2.24) is 9.97 Å². The van der Waals surface area contributed by atoms with Crippen LogP contribution in [0.2, 0.25) is 5.02 Å². The number of halogens is 1. The molecule has 17 heavy (non-hydrogen) atoms. The van der Waals surface area contributed by atoms with Gasteiger partial charge in [0.05, 0.1) is 5.56 Å². The first kappa shape index (κ1) is 11.7. The van der Waals surface area contributed by atoms with Crippen molar-refractivity contribution in [3.63, 3.8) is 0 Å². The summed E-state index contributed by atoms with van der Waals surface area (Å²) in [5.74, 6) is 2.08. The number of nitrogens with zero attached hydrogens (tertiary/aromatic N) is 2. The Morgan fingerprint density at radius 1 is 1.24 bits per heavy atom. The van der Waals surface area contributed by atoms with E-state index in [4.69, 9.17) is 22.1 Å². The fraction of sp³-hybridized carbons (Fsp3) is 0.167. The van der Waals surface area contributed by atoms with E-state index >= 15 is 0 Å². The van der Waals surface area contributed by atoms with Crippen LogP contribution in [0.15, 0.2) is 24.3 Å². The van der Waals surface area contributed by atoms with Crippen LogP contribution < -0.4 is 10.5 Å². The number of nitrogens with two attached hydrogens (primary N) is 1. The number of aryl methyl sites for hydroxylation is 1. The van der Waals surface area contributed by atoms with Gasteiger partial charge in [-0.3, -0.25) is 0 Å². The first-order valence-electron chi connectivity index (χ1n) is 5.10. The zero-order chi connectivity index (χ0) is 12.4. The second-order valence-corrected chi connectivity index (χ2v) is 4.08. The largest absolute Gasteiger partial charge is 0.438 e. The summed E-state index contributed by atoms with van der Waals surface area (Å²) in [4.78, 5) is 8.26. The molecular weight excluding hydrogens is 238 g/mol. The number of benzene rings is 1. The van der Waals surface area contributed by atoms with Crippen LogP contribution in [0.3, 0.4) is 0 Å². The summed E-state index contributed by atoms with van der Waals surface area (Å²) >= 11 is 5.88. The molecule has 0 fully saturated rings. The molecule has 2 N–H and O–H groups in total. The van der Waals surface area contributed by atoms with Crippen molar-refractivity contribution in [2.45, 2.75) is 13.8 Å². The molecule has 0 bridgehead atoms. The fourth-order valence-corrected chi connectivity index (χ4v) is 1.55. The van der Waals surface area contributed by atoms with E-state index in [1.54, 1.807) is 25.1 Å². The number of ether oxygens (including phenoxy) is 1. The Kier molecular flexibility index (Phi) is 3.15. The zero-order valence-corrected chi connectivity index (χ0v) is 10.3. The number of rotatable bonds is 2. The maximum absolute atomic E-state index is 5.88. The summed E-state index contributed by atoms with van der Waals surface area (Å²) in [5.41, 5.74) is 6.47. The molecule has 0 saturated heterocycles. The minimum absolute atomic E-state index is 0.425. The number of anilines is 1. The van der Waals surface area contributed by atoms with E-state index in [1.165, 1.54) is 0 Å². The number of hydrogen-bond donors (Lipinski definition) is 1. The summed E-state index contributed by atoms with van der Waals surface area (Å²) in [5, 5.41) is 0.610. The molecule has 0 saturated carbocycles. The minimum atomic E-state index is 0.425. The predicted molar refractivity (Wildman–Crippen MR) is 67.4 cm³/mol. The zero-order valence-electron chi connectivity index (χ0n) is 9.57. The van der Waals surface area contributed by atoms with Gasteiger partial charge in [-0.25, -0.2) is 4.98 Å². The average molecular weight is 250 g/mol. The molecule has 0 aliphatic carbocycles. The summed E-state index contributed by atoms with van der Waals surface area (Å²) in [6, 6.07) is 7.11. The van der Waals surface area contributed by atoms with Gasteiger partial charge in [-0.1, -0.05) is 17.7 Å². The van der Waals surface area contributed by atoms with Gasteiger partial charge in [-0.2, -0.15) is 4.98 Å². The van der Waals surface area contributed by atoms with Crippen molar-refractivity contribution in [2.75, 3.05) is 5.73 Å². The van der Waals surface area contributed by atoms with Gasteiger partial charge in [-0.05, 0) is 32.0 Å². The third-order valence-electron chi connectivity index (χ3n) is 2.26. The molecular formula is C12H12ClN3O. The van der Waals surface area contributed by atoms with Crippen LogP contribution in [-0.4, -0.2) is 9.97 Å². The number of hydrogen-bond acceptors (Lipinski definition) is 4. The molecule has 88 valence electrons. The predicted octanol–water partition coefficient (Wildman–Crippen LogP) is 3.12. The molecule has 1 aromatic heterocycles. The van der Waals surface area contributed by atoms with E-state index in [1.807, 2.05) is 13.0 Å². The molecule has 0 atom stereocenters. The molecule has 0 aliphatic rings. The van der Waals surface area contributed by atoms with E-state index in [-0.39, 0.29) is 0 Å². The highest BCUT2D eigenvalue weighted by atomic mass is 35.5. The maximum atomic E-state index is 5.88. The molecule has 2 rings (SSSR count). The van der Waals surface area contributed by atoms with Gasteiger partial charge in [0.15, 0.2) is 0 Å². The molecule has 1 aromatic carbocycles. The van der Waals surface area contributed by atoms with Crippen molar-refractivity contribution < 1.29 is 4.74 Å². The van der Waals surface area contributed by atoms with Gasteiger partial charge in [0.25, 0.3) is 0 Å². The molecule has 4 nitrogen and oxygen atoms in total. The van der Waals surface area contributed by atoms with E-state index in [2.05, 4.69) is 9.97 Å². The van der Waals surface area contributed by atoms with E-state index < -0.39 is 0 Å². The van der Waals surface area contributed by atoms with Gasteiger partial charge in [0.1, 0.15) is 17.4 Å². The van der Waals surface area contributed by atoms with Crippen molar-refractivity contribution in [1.29, 1.82) is 0 Å². The first-order valence-corrected chi connectivity index (χ1v) is 5.48.